The fraction of sp³-hybridized carbons (Fsp3) is 0.526. The highest BCUT2D eigenvalue weighted by Gasteiger charge is 2.14. The van der Waals surface area contributed by atoms with Crippen LogP contribution in [0, 0.1) is 0 Å². The van der Waals surface area contributed by atoms with Gasteiger partial charge in [-0.15, -0.1) is 0 Å². The summed E-state index contributed by atoms with van der Waals surface area (Å²) in [5.74, 6) is 1.77. The Morgan fingerprint density at radius 2 is 2.08 bits per heavy atom. The predicted molar refractivity (Wildman–Crippen MR) is 103 cm³/mol. The summed E-state index contributed by atoms with van der Waals surface area (Å²) in [6.07, 6.45) is 3.02. The Morgan fingerprint density at radius 3 is 2.80 bits per heavy atom. The summed E-state index contributed by atoms with van der Waals surface area (Å²) in [6.45, 7) is 5.81. The Bertz CT molecular complexity index is 699. The number of anilines is 2. The molecule has 0 radical (unpaired) electrons. The lowest BCUT2D eigenvalue weighted by molar-refractivity contribution is 0.0378. The first-order chi connectivity index (χ1) is 12.2. The topological polar surface area (TPSA) is 49.9 Å². The standard InChI is InChI=1S/C19H28N4O2/c1-22(2)19-18-15(6-4-7-17(18)24-3)16(14-21-19)20-8-5-9-23-10-12-25-13-11-23/h4,6-7,14,20H,5,8-13H2,1-3H3. The molecule has 25 heavy (non-hydrogen) atoms. The van der Waals surface area contributed by atoms with Crippen LogP contribution in [0.2, 0.25) is 0 Å². The van der Waals surface area contributed by atoms with Crippen molar-refractivity contribution in [2.75, 3.05) is 70.8 Å². The predicted octanol–water partition coefficient (Wildman–Crippen LogP) is 2.44. The number of hydrogen-bond acceptors (Lipinski definition) is 6. The van der Waals surface area contributed by atoms with Gasteiger partial charge in [-0.3, -0.25) is 4.90 Å². The SMILES string of the molecule is COc1cccc2c(NCCCN3CCOCC3)cnc(N(C)C)c12. The van der Waals surface area contributed by atoms with Crippen LogP contribution in [-0.2, 0) is 4.74 Å². The number of morpholine rings is 1. The first kappa shape index (κ1) is 17.8. The summed E-state index contributed by atoms with van der Waals surface area (Å²) in [7, 11) is 5.71. The maximum Gasteiger partial charge on any atom is 0.139 e. The highest BCUT2D eigenvalue weighted by Crippen LogP contribution is 2.36. The lowest BCUT2D eigenvalue weighted by Gasteiger charge is -2.26. The number of ether oxygens (including phenoxy) is 2. The van der Waals surface area contributed by atoms with E-state index < -0.39 is 0 Å². The second-order valence-electron chi connectivity index (χ2n) is 6.51. The number of pyridine rings is 1. The van der Waals surface area contributed by atoms with E-state index in [2.05, 4.69) is 21.3 Å². The zero-order chi connectivity index (χ0) is 17.6. The van der Waals surface area contributed by atoms with Gasteiger partial charge < -0.3 is 19.7 Å². The second kappa shape index (κ2) is 8.36. The van der Waals surface area contributed by atoms with Crippen LogP contribution in [0.4, 0.5) is 11.5 Å². The summed E-state index contributed by atoms with van der Waals surface area (Å²) in [6, 6.07) is 6.13. The third-order valence-electron chi connectivity index (χ3n) is 4.57. The van der Waals surface area contributed by atoms with Gasteiger partial charge in [0.1, 0.15) is 11.6 Å². The van der Waals surface area contributed by atoms with E-state index in [9.17, 15) is 0 Å². The first-order valence-electron chi connectivity index (χ1n) is 8.87. The molecular formula is C19H28N4O2. The van der Waals surface area contributed by atoms with E-state index >= 15 is 0 Å². The molecule has 136 valence electrons. The van der Waals surface area contributed by atoms with Crippen LogP contribution in [-0.4, -0.2) is 70.5 Å². The van der Waals surface area contributed by atoms with Crippen LogP contribution in [0.25, 0.3) is 10.8 Å². The number of hydrogen-bond donors (Lipinski definition) is 1. The van der Waals surface area contributed by atoms with Crippen LogP contribution in [0.5, 0.6) is 5.75 Å². The number of benzene rings is 1. The molecule has 0 aliphatic carbocycles. The van der Waals surface area contributed by atoms with Gasteiger partial charge in [0.15, 0.2) is 0 Å². The minimum absolute atomic E-state index is 0.852. The van der Waals surface area contributed by atoms with Crippen molar-refractivity contribution in [1.82, 2.24) is 9.88 Å². The second-order valence-corrected chi connectivity index (χ2v) is 6.51. The Hall–Kier alpha value is -2.05. The van der Waals surface area contributed by atoms with E-state index in [1.54, 1.807) is 7.11 Å². The van der Waals surface area contributed by atoms with Crippen LogP contribution in [0.3, 0.4) is 0 Å². The van der Waals surface area contributed by atoms with E-state index in [1.165, 1.54) is 0 Å². The summed E-state index contributed by atoms with van der Waals surface area (Å²) in [4.78, 5) is 9.12. The third kappa shape index (κ3) is 4.14. The number of fused-ring (bicyclic) bond motifs is 1. The molecule has 0 saturated carbocycles. The largest absolute Gasteiger partial charge is 0.496 e. The average molecular weight is 344 g/mol. The minimum Gasteiger partial charge on any atom is -0.496 e. The molecule has 3 rings (SSSR count). The summed E-state index contributed by atoms with van der Waals surface area (Å²) in [5.41, 5.74) is 1.06. The molecule has 0 bridgehead atoms. The molecule has 0 amide bonds. The molecule has 0 spiro atoms. The highest BCUT2D eigenvalue weighted by molar-refractivity contribution is 6.03. The first-order valence-corrected chi connectivity index (χ1v) is 8.87. The number of nitrogens with zero attached hydrogens (tertiary/aromatic N) is 3. The Labute approximate surface area is 149 Å². The molecule has 1 aromatic carbocycles. The molecule has 1 fully saturated rings. The Balaban J connectivity index is 1.72. The average Bonchev–Trinajstić information content (AvgIpc) is 2.65. The van der Waals surface area contributed by atoms with Crippen molar-refractivity contribution in [3.05, 3.63) is 24.4 Å². The molecule has 0 atom stereocenters. The normalized spacial score (nSPS) is 15.3. The molecule has 6 nitrogen and oxygen atoms in total. The van der Waals surface area contributed by atoms with Crippen molar-refractivity contribution in [2.45, 2.75) is 6.42 Å². The van der Waals surface area contributed by atoms with E-state index in [0.29, 0.717) is 0 Å². The van der Waals surface area contributed by atoms with Gasteiger partial charge in [0, 0.05) is 39.1 Å². The third-order valence-corrected chi connectivity index (χ3v) is 4.57. The summed E-state index contributed by atoms with van der Waals surface area (Å²) < 4.78 is 11.0. The smallest absolute Gasteiger partial charge is 0.139 e. The maximum absolute atomic E-state index is 5.57. The lowest BCUT2D eigenvalue weighted by atomic mass is 10.1. The molecule has 1 aliphatic rings. The molecule has 1 aliphatic heterocycles. The molecule has 2 aromatic rings. The van der Waals surface area contributed by atoms with Crippen molar-refractivity contribution < 1.29 is 9.47 Å². The van der Waals surface area contributed by atoms with Gasteiger partial charge in [-0.25, -0.2) is 4.98 Å². The van der Waals surface area contributed by atoms with Gasteiger partial charge in [-0.05, 0) is 19.0 Å². The molecule has 0 unspecified atom stereocenters. The van der Waals surface area contributed by atoms with Crippen molar-refractivity contribution in [3.8, 4) is 5.75 Å². The van der Waals surface area contributed by atoms with Gasteiger partial charge in [0.2, 0.25) is 0 Å². The van der Waals surface area contributed by atoms with Crippen LogP contribution in [0.1, 0.15) is 6.42 Å². The summed E-state index contributed by atoms with van der Waals surface area (Å²) in [5, 5.41) is 5.74. The lowest BCUT2D eigenvalue weighted by Crippen LogP contribution is -2.37. The number of rotatable bonds is 7. The van der Waals surface area contributed by atoms with Crippen molar-refractivity contribution in [2.24, 2.45) is 0 Å². The zero-order valence-electron chi connectivity index (χ0n) is 15.4. The molecule has 1 aromatic heterocycles. The molecule has 2 heterocycles. The molecule has 1 N–H and O–H groups in total. The van der Waals surface area contributed by atoms with E-state index in [4.69, 9.17) is 9.47 Å². The zero-order valence-corrected chi connectivity index (χ0v) is 15.4. The van der Waals surface area contributed by atoms with Crippen LogP contribution in [0.15, 0.2) is 24.4 Å². The maximum atomic E-state index is 5.57. The summed E-state index contributed by atoms with van der Waals surface area (Å²) >= 11 is 0. The van der Waals surface area contributed by atoms with Crippen LogP contribution >= 0.6 is 0 Å². The monoisotopic (exact) mass is 344 g/mol. The molecule has 6 heteroatoms. The van der Waals surface area contributed by atoms with Crippen molar-refractivity contribution >= 4 is 22.3 Å². The van der Waals surface area contributed by atoms with E-state index in [0.717, 1.165) is 73.8 Å². The fourth-order valence-corrected chi connectivity index (χ4v) is 3.25. The van der Waals surface area contributed by atoms with E-state index in [-0.39, 0.29) is 0 Å². The minimum atomic E-state index is 0.852. The quantitative estimate of drug-likeness (QED) is 0.779. The number of nitrogens with one attached hydrogen (secondary N) is 1. The van der Waals surface area contributed by atoms with Gasteiger partial charge in [-0.1, -0.05) is 12.1 Å². The van der Waals surface area contributed by atoms with Crippen molar-refractivity contribution in [3.63, 3.8) is 0 Å². The van der Waals surface area contributed by atoms with Gasteiger partial charge in [0.05, 0.1) is 37.6 Å². The van der Waals surface area contributed by atoms with Gasteiger partial charge in [-0.2, -0.15) is 0 Å². The number of methoxy groups -OCH3 is 1. The van der Waals surface area contributed by atoms with Crippen LogP contribution < -0.4 is 15.0 Å². The van der Waals surface area contributed by atoms with Crippen molar-refractivity contribution in [1.29, 1.82) is 0 Å². The molecular weight excluding hydrogens is 316 g/mol. The fourth-order valence-electron chi connectivity index (χ4n) is 3.25. The Morgan fingerprint density at radius 1 is 1.28 bits per heavy atom. The highest BCUT2D eigenvalue weighted by atomic mass is 16.5. The number of aromatic nitrogens is 1. The van der Waals surface area contributed by atoms with Gasteiger partial charge in [0.25, 0.3) is 0 Å². The molecule has 1 saturated heterocycles. The van der Waals surface area contributed by atoms with Gasteiger partial charge >= 0.3 is 0 Å². The van der Waals surface area contributed by atoms with E-state index in [1.807, 2.05) is 37.3 Å². The Kier molecular flexibility index (Phi) is 5.94.